The monoisotopic (exact) mass is 102 g/mol. The second-order valence-electron chi connectivity index (χ2n) is 1.64. The topological polar surface area (TPSA) is 29.5 Å². The SMILES string of the molecule is CB(C)OCCO. The molecule has 0 aliphatic carbocycles. The minimum absolute atomic E-state index is 0.123. The Kier molecular flexibility index (Phi) is 4.14. The van der Waals surface area contributed by atoms with E-state index in [2.05, 4.69) is 0 Å². The van der Waals surface area contributed by atoms with Gasteiger partial charge in [0.2, 0.25) is 0 Å². The van der Waals surface area contributed by atoms with Crippen LogP contribution in [0.2, 0.25) is 13.6 Å². The number of rotatable bonds is 3. The van der Waals surface area contributed by atoms with Gasteiger partial charge in [-0.1, -0.05) is 13.6 Å². The van der Waals surface area contributed by atoms with Gasteiger partial charge in [-0.05, 0) is 0 Å². The second kappa shape index (κ2) is 4.15. The summed E-state index contributed by atoms with van der Waals surface area (Å²) in [6, 6.07) is 0. The fraction of sp³-hybridized carbons (Fsp3) is 1.00. The van der Waals surface area contributed by atoms with E-state index in [4.69, 9.17) is 9.76 Å². The minimum atomic E-state index is 0.123. The standard InChI is InChI=1S/C4H11BO2/c1-5(2)7-4-3-6/h6H,3-4H2,1-2H3. The molecule has 0 aromatic heterocycles. The molecule has 0 aliphatic rings. The highest BCUT2D eigenvalue weighted by molar-refractivity contribution is 6.48. The highest BCUT2D eigenvalue weighted by atomic mass is 16.4. The van der Waals surface area contributed by atoms with Crippen molar-refractivity contribution in [3.05, 3.63) is 0 Å². The fourth-order valence-electron chi connectivity index (χ4n) is 0.288. The second-order valence-corrected chi connectivity index (χ2v) is 1.64. The van der Waals surface area contributed by atoms with Crippen LogP contribution in [0.4, 0.5) is 0 Å². The third-order valence-electron chi connectivity index (χ3n) is 0.542. The van der Waals surface area contributed by atoms with Crippen LogP contribution < -0.4 is 0 Å². The van der Waals surface area contributed by atoms with Crippen molar-refractivity contribution < 1.29 is 9.76 Å². The number of hydrogen-bond acceptors (Lipinski definition) is 2. The Labute approximate surface area is 44.6 Å². The molecule has 0 fully saturated rings. The number of hydrogen-bond donors (Lipinski definition) is 1. The Morgan fingerprint density at radius 3 is 2.29 bits per heavy atom. The van der Waals surface area contributed by atoms with Gasteiger partial charge in [0.15, 0.2) is 0 Å². The van der Waals surface area contributed by atoms with Crippen LogP contribution in [0.5, 0.6) is 0 Å². The molecule has 0 heterocycles. The maximum absolute atomic E-state index is 8.19. The number of aliphatic hydroxyl groups is 1. The quantitative estimate of drug-likeness (QED) is 0.517. The van der Waals surface area contributed by atoms with E-state index in [1.807, 2.05) is 13.6 Å². The predicted octanol–water partition coefficient (Wildman–Crippen LogP) is 0.246. The summed E-state index contributed by atoms with van der Waals surface area (Å²) in [7, 11) is 0. The zero-order chi connectivity index (χ0) is 5.70. The van der Waals surface area contributed by atoms with Crippen molar-refractivity contribution in [1.82, 2.24) is 0 Å². The summed E-state index contributed by atoms with van der Waals surface area (Å²) in [6.07, 6.45) is 0. The molecule has 0 spiro atoms. The molecule has 0 saturated heterocycles. The molecular formula is C4H11BO2. The van der Waals surface area contributed by atoms with Gasteiger partial charge in [-0.3, -0.25) is 0 Å². The van der Waals surface area contributed by atoms with Gasteiger partial charge in [-0.15, -0.1) is 0 Å². The minimum Gasteiger partial charge on any atom is -0.434 e. The van der Waals surface area contributed by atoms with E-state index in [0.717, 1.165) is 0 Å². The Balaban J connectivity index is 2.68. The van der Waals surface area contributed by atoms with Crippen LogP contribution >= 0.6 is 0 Å². The molecule has 0 aromatic rings. The molecule has 0 amide bonds. The van der Waals surface area contributed by atoms with Crippen molar-refractivity contribution in [3.8, 4) is 0 Å². The first-order valence-electron chi connectivity index (χ1n) is 2.50. The normalized spacial score (nSPS) is 9.00. The van der Waals surface area contributed by atoms with Crippen LogP contribution in [0.3, 0.4) is 0 Å². The van der Waals surface area contributed by atoms with Crippen molar-refractivity contribution >= 4 is 6.92 Å². The van der Waals surface area contributed by atoms with Crippen LogP contribution in [-0.4, -0.2) is 25.2 Å². The first-order chi connectivity index (χ1) is 3.27. The van der Waals surface area contributed by atoms with Crippen LogP contribution in [-0.2, 0) is 4.65 Å². The summed E-state index contributed by atoms with van der Waals surface area (Å²) >= 11 is 0. The molecule has 7 heavy (non-hydrogen) atoms. The molecule has 0 aromatic carbocycles. The first-order valence-corrected chi connectivity index (χ1v) is 2.50. The fourth-order valence-corrected chi connectivity index (χ4v) is 0.288. The summed E-state index contributed by atoms with van der Waals surface area (Å²) in [5.74, 6) is 0. The molecule has 0 rings (SSSR count). The molecule has 2 nitrogen and oxygen atoms in total. The van der Waals surface area contributed by atoms with Crippen LogP contribution in [0.15, 0.2) is 0 Å². The average molecular weight is 102 g/mol. The molecular weight excluding hydrogens is 90.9 g/mol. The van der Waals surface area contributed by atoms with E-state index >= 15 is 0 Å². The number of aliphatic hydroxyl groups excluding tert-OH is 1. The van der Waals surface area contributed by atoms with Crippen LogP contribution in [0.1, 0.15) is 0 Å². The van der Waals surface area contributed by atoms with E-state index < -0.39 is 0 Å². The zero-order valence-electron chi connectivity index (χ0n) is 4.85. The van der Waals surface area contributed by atoms with Crippen molar-refractivity contribution in [1.29, 1.82) is 0 Å². The lowest BCUT2D eigenvalue weighted by Gasteiger charge is -1.99. The summed E-state index contributed by atoms with van der Waals surface area (Å²) in [5.41, 5.74) is 0. The molecule has 0 bridgehead atoms. The maximum atomic E-state index is 8.19. The molecule has 0 unspecified atom stereocenters. The molecule has 0 atom stereocenters. The Morgan fingerprint density at radius 1 is 1.57 bits per heavy atom. The van der Waals surface area contributed by atoms with Gasteiger partial charge in [-0.25, -0.2) is 0 Å². The van der Waals surface area contributed by atoms with Crippen molar-refractivity contribution in [2.75, 3.05) is 13.2 Å². The molecule has 0 saturated carbocycles. The Hall–Kier alpha value is -0.0151. The molecule has 0 aliphatic heterocycles. The largest absolute Gasteiger partial charge is 0.434 e. The van der Waals surface area contributed by atoms with E-state index in [-0.39, 0.29) is 13.5 Å². The summed E-state index contributed by atoms with van der Waals surface area (Å²) in [5, 5.41) is 8.19. The van der Waals surface area contributed by atoms with E-state index in [0.29, 0.717) is 6.61 Å². The summed E-state index contributed by atoms with van der Waals surface area (Å²) < 4.78 is 4.94. The van der Waals surface area contributed by atoms with Gasteiger partial charge in [0.25, 0.3) is 6.92 Å². The van der Waals surface area contributed by atoms with Crippen molar-refractivity contribution in [3.63, 3.8) is 0 Å². The van der Waals surface area contributed by atoms with E-state index in [9.17, 15) is 0 Å². The lowest BCUT2D eigenvalue weighted by atomic mass is 9.75. The zero-order valence-corrected chi connectivity index (χ0v) is 4.85. The Bertz CT molecular complexity index is 38.7. The smallest absolute Gasteiger partial charge is 0.286 e. The average Bonchev–Trinajstić information content (AvgIpc) is 1.61. The lowest BCUT2D eigenvalue weighted by molar-refractivity contribution is 0.203. The summed E-state index contributed by atoms with van der Waals surface area (Å²) in [4.78, 5) is 0. The van der Waals surface area contributed by atoms with Gasteiger partial charge in [-0.2, -0.15) is 0 Å². The van der Waals surface area contributed by atoms with Gasteiger partial charge in [0.1, 0.15) is 0 Å². The van der Waals surface area contributed by atoms with Gasteiger partial charge in [0, 0.05) is 0 Å². The van der Waals surface area contributed by atoms with Gasteiger partial charge < -0.3 is 9.76 Å². The van der Waals surface area contributed by atoms with E-state index in [1.54, 1.807) is 0 Å². The highest BCUT2D eigenvalue weighted by Crippen LogP contribution is 1.79. The van der Waals surface area contributed by atoms with Crippen LogP contribution in [0, 0.1) is 0 Å². The maximum Gasteiger partial charge on any atom is 0.286 e. The lowest BCUT2D eigenvalue weighted by Crippen LogP contribution is -2.10. The molecule has 1 N–H and O–H groups in total. The van der Waals surface area contributed by atoms with E-state index in [1.165, 1.54) is 0 Å². The van der Waals surface area contributed by atoms with Crippen molar-refractivity contribution in [2.24, 2.45) is 0 Å². The first kappa shape index (κ1) is 6.98. The van der Waals surface area contributed by atoms with Crippen molar-refractivity contribution in [2.45, 2.75) is 13.6 Å². The van der Waals surface area contributed by atoms with Gasteiger partial charge in [0.05, 0.1) is 13.2 Å². The molecule has 42 valence electrons. The molecule has 3 heteroatoms. The van der Waals surface area contributed by atoms with Crippen LogP contribution in [0.25, 0.3) is 0 Å². The summed E-state index contributed by atoms with van der Waals surface area (Å²) in [6.45, 7) is 4.70. The third-order valence-corrected chi connectivity index (χ3v) is 0.542. The molecule has 0 radical (unpaired) electrons. The third kappa shape index (κ3) is 5.98. The Morgan fingerprint density at radius 2 is 2.14 bits per heavy atom. The van der Waals surface area contributed by atoms with Gasteiger partial charge >= 0.3 is 0 Å². The predicted molar refractivity (Wildman–Crippen MR) is 30.5 cm³/mol. The highest BCUT2D eigenvalue weighted by Gasteiger charge is 1.94.